The van der Waals surface area contributed by atoms with Gasteiger partial charge in [-0.15, -0.1) is 0 Å². The molecular weight excluding hydrogens is 358 g/mol. The first-order valence-corrected chi connectivity index (χ1v) is 8.99. The number of benzene rings is 1. The Morgan fingerprint density at radius 2 is 2.12 bits per heavy atom. The number of H-pyrrole nitrogens is 1. The number of carboxylic acid groups (broad SMARTS) is 1. The maximum absolute atomic E-state index is 11.9. The maximum atomic E-state index is 11.9. The summed E-state index contributed by atoms with van der Waals surface area (Å²) in [5, 5.41) is 10.9. The number of carbonyl (C=O) groups excluding carboxylic acids is 1. The van der Waals surface area contributed by atoms with E-state index in [2.05, 4.69) is 4.98 Å². The van der Waals surface area contributed by atoms with Crippen LogP contribution < -0.4 is 4.74 Å². The van der Waals surface area contributed by atoms with Crippen molar-refractivity contribution in [3.63, 3.8) is 0 Å². The molecule has 0 unspecified atom stereocenters. The van der Waals surface area contributed by atoms with Gasteiger partial charge in [0.25, 0.3) is 0 Å². The van der Waals surface area contributed by atoms with E-state index in [4.69, 9.17) is 21.1 Å². The van der Waals surface area contributed by atoms with Crippen LogP contribution in [0.4, 0.5) is 0 Å². The zero-order valence-corrected chi connectivity index (χ0v) is 15.8. The molecule has 0 amide bonds. The Hall–Kier alpha value is -2.21. The van der Waals surface area contributed by atoms with Crippen molar-refractivity contribution < 1.29 is 24.2 Å². The highest BCUT2D eigenvalue weighted by molar-refractivity contribution is 6.33. The highest BCUT2D eigenvalue weighted by Crippen LogP contribution is 2.41. The lowest BCUT2D eigenvalue weighted by molar-refractivity contribution is -0.154. The highest BCUT2D eigenvalue weighted by Gasteiger charge is 2.26. The number of aryl methyl sites for hydroxylation is 1. The molecule has 3 rings (SSSR count). The number of nitrogens with one attached hydrogen (secondary N) is 1. The number of hydrogen-bond acceptors (Lipinski definition) is 4. The van der Waals surface area contributed by atoms with Gasteiger partial charge >= 0.3 is 11.9 Å². The third-order valence-electron chi connectivity index (χ3n) is 4.24. The van der Waals surface area contributed by atoms with Crippen LogP contribution in [0.25, 0.3) is 10.9 Å². The van der Waals surface area contributed by atoms with E-state index in [1.165, 1.54) is 0 Å². The van der Waals surface area contributed by atoms with Gasteiger partial charge in [-0.25, -0.2) is 4.79 Å². The molecule has 2 heterocycles. The molecule has 0 fully saturated rings. The van der Waals surface area contributed by atoms with E-state index >= 15 is 0 Å². The number of fused-ring (bicyclic) bond motifs is 3. The Bertz CT molecular complexity index is 878. The fourth-order valence-electron chi connectivity index (χ4n) is 3.35. The first kappa shape index (κ1) is 18.6. The van der Waals surface area contributed by atoms with Crippen molar-refractivity contribution in [3.05, 3.63) is 27.9 Å². The normalized spacial score (nSPS) is 13.5. The molecule has 1 aliphatic heterocycles. The quantitative estimate of drug-likeness (QED) is 0.763. The number of carboxylic acids is 1. The lowest BCUT2D eigenvalue weighted by Crippen LogP contribution is -2.23. The van der Waals surface area contributed by atoms with Crippen molar-refractivity contribution in [2.75, 3.05) is 6.61 Å². The van der Waals surface area contributed by atoms with Crippen molar-refractivity contribution in [1.82, 2.24) is 4.98 Å². The summed E-state index contributed by atoms with van der Waals surface area (Å²) in [6.07, 6.45) is 1.87. The summed E-state index contributed by atoms with van der Waals surface area (Å²) >= 11 is 6.24. The number of aromatic amines is 1. The molecule has 2 N–H and O–H groups in total. The number of carbonyl (C=O) groups is 2. The highest BCUT2D eigenvalue weighted by atomic mass is 35.5. The lowest BCUT2D eigenvalue weighted by Gasteiger charge is -2.19. The standard InChI is InChI=1S/C19H22ClNO5/c1-19(2,3)26-14(22)6-4-5-10-15-11-7-8-25-17(11)12(20)9-13(15)21-16(10)18(23)24/h9,21H,4-8H2,1-3H3,(H,23,24). The van der Waals surface area contributed by atoms with Crippen LogP contribution in [-0.4, -0.2) is 34.2 Å². The van der Waals surface area contributed by atoms with Crippen LogP contribution in [0.1, 0.15) is 55.2 Å². The molecule has 1 aromatic carbocycles. The van der Waals surface area contributed by atoms with Crippen molar-refractivity contribution in [2.45, 2.75) is 52.1 Å². The fraction of sp³-hybridized carbons (Fsp3) is 0.474. The number of aromatic carboxylic acids is 1. The lowest BCUT2D eigenvalue weighted by atomic mass is 9.98. The average molecular weight is 380 g/mol. The smallest absolute Gasteiger partial charge is 0.352 e. The average Bonchev–Trinajstić information content (AvgIpc) is 3.10. The van der Waals surface area contributed by atoms with Crippen LogP contribution in [0, 0.1) is 0 Å². The molecule has 6 nitrogen and oxygen atoms in total. The molecule has 140 valence electrons. The Labute approximate surface area is 156 Å². The van der Waals surface area contributed by atoms with Gasteiger partial charge < -0.3 is 19.6 Å². The molecule has 0 saturated carbocycles. The second-order valence-electron chi connectivity index (χ2n) is 7.41. The first-order chi connectivity index (χ1) is 12.2. The summed E-state index contributed by atoms with van der Waals surface area (Å²) in [6, 6.07) is 1.70. The van der Waals surface area contributed by atoms with Crippen LogP contribution in [0.2, 0.25) is 5.02 Å². The summed E-state index contributed by atoms with van der Waals surface area (Å²) < 4.78 is 10.9. The Kier molecular flexibility index (Phi) is 4.88. The largest absolute Gasteiger partial charge is 0.491 e. The van der Waals surface area contributed by atoms with E-state index in [1.807, 2.05) is 20.8 Å². The van der Waals surface area contributed by atoms with E-state index in [9.17, 15) is 14.7 Å². The number of rotatable bonds is 5. The van der Waals surface area contributed by atoms with Crippen LogP contribution in [-0.2, 0) is 22.4 Å². The predicted molar refractivity (Wildman–Crippen MR) is 98.3 cm³/mol. The molecule has 2 aromatic rings. The molecular formula is C19H22ClNO5. The number of hydrogen-bond donors (Lipinski definition) is 2. The number of ether oxygens (including phenoxy) is 2. The first-order valence-electron chi connectivity index (χ1n) is 8.61. The minimum absolute atomic E-state index is 0.139. The van der Waals surface area contributed by atoms with E-state index in [-0.39, 0.29) is 18.1 Å². The number of esters is 1. The molecule has 0 atom stereocenters. The third kappa shape index (κ3) is 3.65. The van der Waals surface area contributed by atoms with Gasteiger partial charge in [0.05, 0.1) is 11.6 Å². The molecule has 0 spiro atoms. The summed E-state index contributed by atoms with van der Waals surface area (Å²) in [6.45, 7) is 5.99. The Balaban J connectivity index is 1.89. The Morgan fingerprint density at radius 1 is 1.38 bits per heavy atom. The van der Waals surface area contributed by atoms with E-state index < -0.39 is 11.6 Å². The van der Waals surface area contributed by atoms with Gasteiger partial charge in [-0.1, -0.05) is 11.6 Å². The van der Waals surface area contributed by atoms with Gasteiger partial charge in [-0.05, 0) is 45.2 Å². The second-order valence-corrected chi connectivity index (χ2v) is 7.82. The van der Waals surface area contributed by atoms with Crippen LogP contribution in [0.15, 0.2) is 6.07 Å². The zero-order chi connectivity index (χ0) is 19.1. The monoisotopic (exact) mass is 379 g/mol. The molecule has 0 aliphatic carbocycles. The van der Waals surface area contributed by atoms with Crippen LogP contribution >= 0.6 is 11.6 Å². The minimum Gasteiger partial charge on any atom is -0.491 e. The number of aromatic nitrogens is 1. The zero-order valence-electron chi connectivity index (χ0n) is 15.1. The minimum atomic E-state index is -1.03. The molecule has 0 radical (unpaired) electrons. The van der Waals surface area contributed by atoms with Gasteiger partial charge in [-0.3, -0.25) is 4.79 Å². The summed E-state index contributed by atoms with van der Waals surface area (Å²) in [5.41, 5.74) is 1.92. The van der Waals surface area contributed by atoms with Gasteiger partial charge in [0.15, 0.2) is 0 Å². The van der Waals surface area contributed by atoms with Crippen molar-refractivity contribution >= 4 is 34.4 Å². The van der Waals surface area contributed by atoms with Crippen molar-refractivity contribution in [3.8, 4) is 5.75 Å². The number of halogens is 1. The summed E-state index contributed by atoms with van der Waals surface area (Å²) in [5.74, 6) is -0.688. The van der Waals surface area contributed by atoms with Crippen LogP contribution in [0.3, 0.4) is 0 Å². The maximum Gasteiger partial charge on any atom is 0.352 e. The molecule has 7 heteroatoms. The second kappa shape index (κ2) is 6.83. The Morgan fingerprint density at radius 3 is 2.77 bits per heavy atom. The topological polar surface area (TPSA) is 88.6 Å². The fourth-order valence-corrected chi connectivity index (χ4v) is 3.63. The van der Waals surface area contributed by atoms with E-state index in [0.717, 1.165) is 10.9 Å². The molecule has 1 aromatic heterocycles. The molecule has 0 bridgehead atoms. The van der Waals surface area contributed by atoms with Crippen molar-refractivity contribution in [2.24, 2.45) is 0 Å². The van der Waals surface area contributed by atoms with Crippen LogP contribution in [0.5, 0.6) is 5.75 Å². The molecule has 1 aliphatic rings. The summed E-state index contributed by atoms with van der Waals surface area (Å²) in [4.78, 5) is 26.5. The van der Waals surface area contributed by atoms with E-state index in [0.29, 0.717) is 47.7 Å². The van der Waals surface area contributed by atoms with E-state index in [1.54, 1.807) is 6.07 Å². The van der Waals surface area contributed by atoms with Crippen molar-refractivity contribution in [1.29, 1.82) is 0 Å². The molecule has 26 heavy (non-hydrogen) atoms. The van der Waals surface area contributed by atoms with Gasteiger partial charge in [0.2, 0.25) is 0 Å². The third-order valence-corrected chi connectivity index (χ3v) is 4.52. The van der Waals surface area contributed by atoms with Gasteiger partial charge in [0, 0.05) is 29.3 Å². The van der Waals surface area contributed by atoms with Gasteiger partial charge in [-0.2, -0.15) is 0 Å². The summed E-state index contributed by atoms with van der Waals surface area (Å²) in [7, 11) is 0. The SMILES string of the molecule is CC(C)(C)OC(=O)CCCc1c(C(=O)O)[nH]c2cc(Cl)c3c(c12)CCO3. The predicted octanol–water partition coefficient (Wildman–Crippen LogP) is 4.12. The molecule has 0 saturated heterocycles. The van der Waals surface area contributed by atoms with Gasteiger partial charge in [0.1, 0.15) is 17.0 Å².